The number of rotatable bonds is 39. The number of nitrogens with two attached hydrogens (primary N) is 4. The van der Waals surface area contributed by atoms with E-state index in [1.165, 1.54) is 0 Å². The first-order valence-corrected chi connectivity index (χ1v) is 22.8. The molecule has 2 atom stereocenters. The molecule has 0 radical (unpaired) electrons. The highest BCUT2D eigenvalue weighted by atomic mass is 31.2. The summed E-state index contributed by atoms with van der Waals surface area (Å²) >= 11 is 0. The van der Waals surface area contributed by atoms with Crippen LogP contribution >= 0.6 is 15.2 Å². The van der Waals surface area contributed by atoms with Gasteiger partial charge in [0, 0.05) is 13.1 Å². The van der Waals surface area contributed by atoms with Crippen LogP contribution < -0.4 is 22.9 Å². The zero-order chi connectivity index (χ0) is 35.6. The van der Waals surface area contributed by atoms with Crippen LogP contribution in [0.25, 0.3) is 0 Å². The summed E-state index contributed by atoms with van der Waals surface area (Å²) < 4.78 is 50.5. The molecule has 48 heavy (non-hydrogen) atoms. The molecule has 0 aromatic rings. The van der Waals surface area contributed by atoms with Gasteiger partial charge in [0.1, 0.15) is 0 Å². The molecule has 0 bridgehead atoms. The largest absolute Gasteiger partial charge is 0.331 e. The van der Waals surface area contributed by atoms with Gasteiger partial charge in [0.15, 0.2) is 0 Å². The van der Waals surface area contributed by atoms with E-state index in [-0.39, 0.29) is 0 Å². The van der Waals surface area contributed by atoms with Crippen molar-refractivity contribution in [2.75, 3.05) is 104 Å². The van der Waals surface area contributed by atoms with Crippen LogP contribution in [0, 0.1) is 0 Å². The van der Waals surface area contributed by atoms with Gasteiger partial charge < -0.3 is 50.8 Å². The standard InChI is InChI=1S/C34H78N6O6P2/c1-3-5-29-43-47(41,33-27-39(23-15-19-35)24-16-20-36)45-31-13-11-9-7-8-10-12-14-32-46-48(42,44-30-6-4-2)34-28-40(25-17-21-37)26-18-22-38/h3-38H2,1-2H3. The van der Waals surface area contributed by atoms with Gasteiger partial charge in [-0.1, -0.05) is 65.2 Å². The fraction of sp³-hybridized carbons (Fsp3) is 1.00. The Kier molecular flexibility index (Phi) is 34.2. The second-order valence-corrected chi connectivity index (χ2v) is 17.2. The van der Waals surface area contributed by atoms with Crippen molar-refractivity contribution in [3.63, 3.8) is 0 Å². The van der Waals surface area contributed by atoms with E-state index in [2.05, 4.69) is 23.6 Å². The van der Waals surface area contributed by atoms with Crippen LogP contribution in [0.5, 0.6) is 0 Å². The molecule has 2 unspecified atom stereocenters. The fourth-order valence-corrected chi connectivity index (χ4v) is 8.51. The van der Waals surface area contributed by atoms with Crippen LogP contribution in [0.4, 0.5) is 0 Å². The van der Waals surface area contributed by atoms with Crippen molar-refractivity contribution in [2.24, 2.45) is 22.9 Å². The number of nitrogens with zero attached hydrogens (tertiary/aromatic N) is 2. The minimum atomic E-state index is -3.14. The first-order valence-electron chi connectivity index (χ1n) is 19.3. The van der Waals surface area contributed by atoms with Gasteiger partial charge >= 0.3 is 15.2 Å². The molecule has 0 rings (SSSR count). The molecular formula is C34H78N6O6P2. The van der Waals surface area contributed by atoms with Gasteiger partial charge in [-0.05, 0) is 104 Å². The SMILES string of the molecule is CCCCOP(=O)(CCN(CCCN)CCCN)OCCCCCCCCCCOP(=O)(CCN(CCCN)CCCN)OCCCC. The predicted octanol–water partition coefficient (Wildman–Crippen LogP) is 6.16. The van der Waals surface area contributed by atoms with Crippen molar-refractivity contribution in [2.45, 2.75) is 117 Å². The summed E-state index contributed by atoms with van der Waals surface area (Å²) in [4.78, 5) is 4.55. The van der Waals surface area contributed by atoms with Crippen molar-refractivity contribution < 1.29 is 27.2 Å². The van der Waals surface area contributed by atoms with E-state index in [0.29, 0.717) is 78.0 Å². The highest BCUT2D eigenvalue weighted by Gasteiger charge is 2.26. The zero-order valence-corrected chi connectivity index (χ0v) is 33.0. The van der Waals surface area contributed by atoms with E-state index in [4.69, 9.17) is 41.0 Å². The van der Waals surface area contributed by atoms with Gasteiger partial charge in [-0.3, -0.25) is 9.13 Å². The van der Waals surface area contributed by atoms with Gasteiger partial charge in [-0.2, -0.15) is 0 Å². The first-order chi connectivity index (χ1) is 23.3. The number of hydrogen-bond donors (Lipinski definition) is 4. The summed E-state index contributed by atoms with van der Waals surface area (Å²) in [6, 6.07) is 0. The molecule has 0 aromatic heterocycles. The molecule has 0 aromatic carbocycles. The lowest BCUT2D eigenvalue weighted by Crippen LogP contribution is -2.31. The first kappa shape index (κ1) is 48.1. The average Bonchev–Trinajstić information content (AvgIpc) is 3.08. The minimum absolute atomic E-state index is 0.401. The maximum atomic E-state index is 13.5. The molecule has 0 aliphatic carbocycles. The highest BCUT2D eigenvalue weighted by Crippen LogP contribution is 2.49. The summed E-state index contributed by atoms with van der Waals surface area (Å²) in [5.74, 6) is 0. The maximum absolute atomic E-state index is 13.5. The summed E-state index contributed by atoms with van der Waals surface area (Å²) in [5, 5.41) is 0. The van der Waals surface area contributed by atoms with Crippen LogP contribution in [0.15, 0.2) is 0 Å². The molecule has 8 N–H and O–H groups in total. The second kappa shape index (κ2) is 34.2. The van der Waals surface area contributed by atoms with Crippen LogP contribution in [0.3, 0.4) is 0 Å². The number of unbranched alkanes of at least 4 members (excludes halogenated alkanes) is 9. The zero-order valence-electron chi connectivity index (χ0n) is 31.2. The molecule has 0 aliphatic heterocycles. The lowest BCUT2D eigenvalue weighted by Gasteiger charge is -2.25. The molecular weight excluding hydrogens is 650 g/mol. The van der Waals surface area contributed by atoms with E-state index in [9.17, 15) is 9.13 Å². The third-order valence-electron chi connectivity index (χ3n) is 8.28. The van der Waals surface area contributed by atoms with Crippen LogP contribution in [-0.2, 0) is 27.2 Å². The van der Waals surface area contributed by atoms with Crippen LogP contribution in [0.1, 0.15) is 117 Å². The smallest absolute Gasteiger partial charge is 0.330 e. The van der Waals surface area contributed by atoms with E-state index in [1.54, 1.807) is 0 Å². The molecule has 0 fully saturated rings. The lowest BCUT2D eigenvalue weighted by molar-refractivity contribution is 0.191. The minimum Gasteiger partial charge on any atom is -0.330 e. The molecule has 12 nitrogen and oxygen atoms in total. The van der Waals surface area contributed by atoms with E-state index in [0.717, 1.165) is 129 Å². The van der Waals surface area contributed by atoms with Gasteiger partial charge in [-0.25, -0.2) is 0 Å². The summed E-state index contributed by atoms with van der Waals surface area (Å²) in [6.07, 6.45) is 16.6. The molecule has 0 spiro atoms. The Bertz CT molecular complexity index is 710. The van der Waals surface area contributed by atoms with Crippen molar-refractivity contribution in [3.8, 4) is 0 Å². The Labute approximate surface area is 295 Å². The van der Waals surface area contributed by atoms with E-state index >= 15 is 0 Å². The quantitative estimate of drug-likeness (QED) is 0.0419. The van der Waals surface area contributed by atoms with Gasteiger partial charge in [0.2, 0.25) is 0 Å². The maximum Gasteiger partial charge on any atom is 0.331 e. The Morgan fingerprint density at radius 1 is 0.396 bits per heavy atom. The summed E-state index contributed by atoms with van der Waals surface area (Å²) in [5.41, 5.74) is 22.8. The molecule has 0 saturated carbocycles. The Morgan fingerprint density at radius 2 is 0.667 bits per heavy atom. The second-order valence-electron chi connectivity index (χ2n) is 12.8. The van der Waals surface area contributed by atoms with Crippen molar-refractivity contribution in [1.82, 2.24) is 9.80 Å². The average molecular weight is 729 g/mol. The predicted molar refractivity (Wildman–Crippen MR) is 203 cm³/mol. The third kappa shape index (κ3) is 28.7. The topological polar surface area (TPSA) is 182 Å². The van der Waals surface area contributed by atoms with Crippen LogP contribution in [-0.4, -0.2) is 114 Å². The van der Waals surface area contributed by atoms with E-state index < -0.39 is 15.2 Å². The van der Waals surface area contributed by atoms with E-state index in [1.807, 2.05) is 0 Å². The Morgan fingerprint density at radius 3 is 0.938 bits per heavy atom. The fourth-order valence-electron chi connectivity index (χ4n) is 5.16. The Balaban J connectivity index is 4.38. The Hall–Kier alpha value is 0.0600. The van der Waals surface area contributed by atoms with Crippen molar-refractivity contribution >= 4 is 15.2 Å². The monoisotopic (exact) mass is 729 g/mol. The molecule has 14 heteroatoms. The van der Waals surface area contributed by atoms with Crippen molar-refractivity contribution in [3.05, 3.63) is 0 Å². The number of hydrogen-bond acceptors (Lipinski definition) is 12. The molecule has 0 heterocycles. The van der Waals surface area contributed by atoms with Gasteiger partial charge in [-0.15, -0.1) is 0 Å². The summed E-state index contributed by atoms with van der Waals surface area (Å²) in [6.45, 7) is 13.4. The van der Waals surface area contributed by atoms with Crippen LogP contribution in [0.2, 0.25) is 0 Å². The molecule has 0 aliphatic rings. The highest BCUT2D eigenvalue weighted by molar-refractivity contribution is 7.54. The van der Waals surface area contributed by atoms with Gasteiger partial charge in [0.05, 0.1) is 38.8 Å². The van der Waals surface area contributed by atoms with Crippen molar-refractivity contribution in [1.29, 1.82) is 0 Å². The lowest BCUT2D eigenvalue weighted by atomic mass is 10.1. The molecule has 0 saturated heterocycles. The summed E-state index contributed by atoms with van der Waals surface area (Å²) in [7, 11) is -6.28. The molecule has 290 valence electrons. The van der Waals surface area contributed by atoms with Gasteiger partial charge in [0.25, 0.3) is 0 Å². The third-order valence-corrected chi connectivity index (χ3v) is 12.1. The molecule has 0 amide bonds. The normalized spacial score (nSPS) is 14.6.